The largest absolute Gasteiger partial charge is 0.378 e. The van der Waals surface area contributed by atoms with Crippen LogP contribution in [0.3, 0.4) is 0 Å². The van der Waals surface area contributed by atoms with E-state index in [0.29, 0.717) is 6.10 Å². The number of hydrogen-bond donors (Lipinski definition) is 0. The lowest BCUT2D eigenvalue weighted by atomic mass is 10.2. The zero-order valence-corrected chi connectivity index (χ0v) is 10.8. The van der Waals surface area contributed by atoms with Crippen molar-refractivity contribution in [1.82, 2.24) is 0 Å². The summed E-state index contributed by atoms with van der Waals surface area (Å²) in [7, 11) is 0. The van der Waals surface area contributed by atoms with Crippen LogP contribution in [0, 0.1) is 0 Å². The summed E-state index contributed by atoms with van der Waals surface area (Å²) in [5, 5.41) is 0. The summed E-state index contributed by atoms with van der Waals surface area (Å²) in [4.78, 5) is 0. The Labute approximate surface area is 85.9 Å². The van der Waals surface area contributed by atoms with Gasteiger partial charge in [-0.15, -0.1) is 0 Å². The van der Waals surface area contributed by atoms with E-state index in [9.17, 15) is 0 Å². The molecule has 0 radical (unpaired) electrons. The zero-order valence-electron chi connectivity index (χ0n) is 10.8. The van der Waals surface area contributed by atoms with Crippen LogP contribution in [-0.4, -0.2) is 12.7 Å². The summed E-state index contributed by atoms with van der Waals surface area (Å²) in [6.07, 6.45) is 3.94. The smallest absolute Gasteiger partial charge is 0.0569 e. The third-order valence-electron chi connectivity index (χ3n) is 1.47. The van der Waals surface area contributed by atoms with E-state index in [1.807, 2.05) is 27.7 Å². The Bertz CT molecular complexity index is 49.1. The van der Waals surface area contributed by atoms with E-state index in [4.69, 9.17) is 4.74 Å². The molecule has 0 aromatic rings. The molecule has 0 N–H and O–H groups in total. The first kappa shape index (κ1) is 18.7. The summed E-state index contributed by atoms with van der Waals surface area (Å²) < 4.78 is 5.49. The molecule has 84 valence electrons. The SMILES string of the molecule is CC.CC.CCCOC(CC)CC. The van der Waals surface area contributed by atoms with Crippen LogP contribution >= 0.6 is 0 Å². The summed E-state index contributed by atoms with van der Waals surface area (Å²) in [5.41, 5.74) is 0. The molecule has 0 saturated carbocycles. The Morgan fingerprint density at radius 2 is 1.23 bits per heavy atom. The molecule has 1 nitrogen and oxygen atoms in total. The first-order valence-electron chi connectivity index (χ1n) is 5.96. The van der Waals surface area contributed by atoms with Crippen LogP contribution in [0.5, 0.6) is 0 Å². The molecule has 0 aromatic heterocycles. The van der Waals surface area contributed by atoms with Crippen molar-refractivity contribution in [3.8, 4) is 0 Å². The van der Waals surface area contributed by atoms with E-state index in [1.165, 1.54) is 0 Å². The van der Waals surface area contributed by atoms with Crippen LogP contribution in [0.15, 0.2) is 0 Å². The highest BCUT2D eigenvalue weighted by Crippen LogP contribution is 2.02. The second-order valence-electron chi connectivity index (χ2n) is 2.31. The third-order valence-corrected chi connectivity index (χ3v) is 1.47. The highest BCUT2D eigenvalue weighted by Gasteiger charge is 1.99. The summed E-state index contributed by atoms with van der Waals surface area (Å²) in [6, 6.07) is 0. The Morgan fingerprint density at radius 3 is 1.46 bits per heavy atom. The number of rotatable bonds is 5. The Morgan fingerprint density at radius 1 is 0.846 bits per heavy atom. The highest BCUT2D eigenvalue weighted by atomic mass is 16.5. The Kier molecular flexibility index (Phi) is 32.6. The molecule has 0 spiro atoms. The fourth-order valence-corrected chi connectivity index (χ4v) is 0.809. The molecular formula is C12H30O. The van der Waals surface area contributed by atoms with Crippen molar-refractivity contribution < 1.29 is 4.74 Å². The molecule has 0 bridgehead atoms. The maximum Gasteiger partial charge on any atom is 0.0569 e. The van der Waals surface area contributed by atoms with Crippen molar-refractivity contribution in [2.75, 3.05) is 6.61 Å². The molecular weight excluding hydrogens is 160 g/mol. The Hall–Kier alpha value is -0.0400. The van der Waals surface area contributed by atoms with E-state index < -0.39 is 0 Å². The molecule has 1 heteroatoms. The van der Waals surface area contributed by atoms with Crippen LogP contribution in [0.4, 0.5) is 0 Å². The monoisotopic (exact) mass is 190 g/mol. The lowest BCUT2D eigenvalue weighted by Crippen LogP contribution is -2.10. The van der Waals surface area contributed by atoms with Gasteiger partial charge in [-0.3, -0.25) is 0 Å². The molecule has 0 aliphatic heterocycles. The second-order valence-corrected chi connectivity index (χ2v) is 2.31. The molecule has 0 fully saturated rings. The lowest BCUT2D eigenvalue weighted by Gasteiger charge is -2.11. The van der Waals surface area contributed by atoms with Gasteiger partial charge in [0.05, 0.1) is 6.10 Å². The van der Waals surface area contributed by atoms with Crippen LogP contribution < -0.4 is 0 Å². The zero-order chi connectivity index (χ0) is 11.1. The molecule has 0 rings (SSSR count). The number of ether oxygens (including phenoxy) is 1. The van der Waals surface area contributed by atoms with Crippen molar-refractivity contribution in [1.29, 1.82) is 0 Å². The van der Waals surface area contributed by atoms with Gasteiger partial charge < -0.3 is 4.74 Å². The Balaban J connectivity index is -0.000000218. The van der Waals surface area contributed by atoms with Crippen molar-refractivity contribution in [3.63, 3.8) is 0 Å². The van der Waals surface area contributed by atoms with E-state index >= 15 is 0 Å². The minimum Gasteiger partial charge on any atom is -0.378 e. The maximum absolute atomic E-state index is 5.49. The molecule has 0 aliphatic carbocycles. The topological polar surface area (TPSA) is 9.23 Å². The molecule has 13 heavy (non-hydrogen) atoms. The van der Waals surface area contributed by atoms with E-state index in [1.54, 1.807) is 0 Å². The quantitative estimate of drug-likeness (QED) is 0.613. The predicted molar refractivity (Wildman–Crippen MR) is 63.3 cm³/mol. The van der Waals surface area contributed by atoms with Crippen LogP contribution in [0.2, 0.25) is 0 Å². The van der Waals surface area contributed by atoms with Gasteiger partial charge in [-0.05, 0) is 19.3 Å². The van der Waals surface area contributed by atoms with Crippen LogP contribution in [0.1, 0.15) is 67.7 Å². The van der Waals surface area contributed by atoms with Gasteiger partial charge in [-0.2, -0.15) is 0 Å². The third kappa shape index (κ3) is 18.7. The highest BCUT2D eigenvalue weighted by molar-refractivity contribution is 4.49. The molecule has 0 atom stereocenters. The van der Waals surface area contributed by atoms with Gasteiger partial charge in [-0.25, -0.2) is 0 Å². The maximum atomic E-state index is 5.49. The van der Waals surface area contributed by atoms with E-state index in [2.05, 4.69) is 20.8 Å². The fraction of sp³-hybridized carbons (Fsp3) is 1.00. The van der Waals surface area contributed by atoms with Crippen molar-refractivity contribution >= 4 is 0 Å². The summed E-state index contributed by atoms with van der Waals surface area (Å²) in [5.74, 6) is 0. The van der Waals surface area contributed by atoms with Crippen molar-refractivity contribution in [3.05, 3.63) is 0 Å². The summed E-state index contributed by atoms with van der Waals surface area (Å²) >= 11 is 0. The minimum atomic E-state index is 0.505. The van der Waals surface area contributed by atoms with E-state index in [0.717, 1.165) is 25.9 Å². The average Bonchev–Trinajstić information content (AvgIpc) is 2.25. The first-order chi connectivity index (χ1) is 6.35. The van der Waals surface area contributed by atoms with Crippen molar-refractivity contribution in [2.24, 2.45) is 0 Å². The molecule has 0 saturated heterocycles. The van der Waals surface area contributed by atoms with Crippen LogP contribution in [0.25, 0.3) is 0 Å². The van der Waals surface area contributed by atoms with Gasteiger partial charge in [0.25, 0.3) is 0 Å². The molecule has 0 aliphatic rings. The van der Waals surface area contributed by atoms with Gasteiger partial charge in [0, 0.05) is 6.61 Å². The summed E-state index contributed by atoms with van der Waals surface area (Å²) in [6.45, 7) is 15.4. The molecule has 0 aromatic carbocycles. The standard InChI is InChI=1S/C8H18O.2C2H6/c1-4-7-9-8(5-2)6-3;2*1-2/h8H,4-7H2,1-3H3;2*1-2H3. The fourth-order valence-electron chi connectivity index (χ4n) is 0.809. The molecule has 0 heterocycles. The van der Waals surface area contributed by atoms with Gasteiger partial charge in [0.1, 0.15) is 0 Å². The minimum absolute atomic E-state index is 0.505. The molecule has 0 amide bonds. The van der Waals surface area contributed by atoms with Crippen LogP contribution in [-0.2, 0) is 4.74 Å². The van der Waals surface area contributed by atoms with Gasteiger partial charge in [-0.1, -0.05) is 48.5 Å². The number of hydrogen-bond acceptors (Lipinski definition) is 1. The first-order valence-corrected chi connectivity index (χ1v) is 5.96. The van der Waals surface area contributed by atoms with Gasteiger partial charge >= 0.3 is 0 Å². The van der Waals surface area contributed by atoms with Gasteiger partial charge in [0.2, 0.25) is 0 Å². The lowest BCUT2D eigenvalue weighted by molar-refractivity contribution is 0.0487. The van der Waals surface area contributed by atoms with Crippen molar-refractivity contribution in [2.45, 2.75) is 73.8 Å². The average molecular weight is 190 g/mol. The van der Waals surface area contributed by atoms with Gasteiger partial charge in [0.15, 0.2) is 0 Å². The predicted octanol–water partition coefficient (Wildman–Crippen LogP) is 4.65. The second kappa shape index (κ2) is 22.7. The normalized spacial score (nSPS) is 8.31. The van der Waals surface area contributed by atoms with E-state index in [-0.39, 0.29) is 0 Å². The molecule has 0 unspecified atom stereocenters.